The summed E-state index contributed by atoms with van der Waals surface area (Å²) in [6, 6.07) is 4.42. The Bertz CT molecular complexity index is 870. The van der Waals surface area contributed by atoms with Gasteiger partial charge in [0.05, 0.1) is 0 Å². The van der Waals surface area contributed by atoms with Crippen LogP contribution in [0.2, 0.25) is 0 Å². The highest BCUT2D eigenvalue weighted by Gasteiger charge is 2.10. The normalized spacial score (nSPS) is 11.1. The van der Waals surface area contributed by atoms with E-state index >= 15 is 0 Å². The van der Waals surface area contributed by atoms with Crippen LogP contribution >= 0.6 is 0 Å². The molecule has 0 fully saturated rings. The molecule has 0 amide bonds. The van der Waals surface area contributed by atoms with E-state index in [1.165, 1.54) is 12.1 Å². The van der Waals surface area contributed by atoms with E-state index in [1.54, 1.807) is 13.0 Å². The number of aromatic nitrogens is 4. The Morgan fingerprint density at radius 3 is 2.63 bits per heavy atom. The second kappa shape index (κ2) is 3.91. The molecule has 3 aromatic rings. The number of hydrogen-bond acceptors (Lipinski definition) is 3. The average Bonchev–Trinajstić information content (AvgIpc) is 2.71. The molecule has 0 radical (unpaired) electrons. The standard InChI is InChI=1S/C12H9FN4O2/c1-5-2-6(4-7(13)3-5)9-14-8-10(15-9)16-12(19)17-11(8)18/h2-4H,1H3,(H3,14,15,16,17,18,19). The van der Waals surface area contributed by atoms with Crippen LogP contribution in [0.5, 0.6) is 0 Å². The monoisotopic (exact) mass is 260 g/mol. The molecule has 19 heavy (non-hydrogen) atoms. The Balaban J connectivity index is 2.29. The molecule has 1 aromatic carbocycles. The van der Waals surface area contributed by atoms with Gasteiger partial charge >= 0.3 is 5.69 Å². The number of benzene rings is 1. The van der Waals surface area contributed by atoms with E-state index in [2.05, 4.69) is 19.9 Å². The first-order valence-electron chi connectivity index (χ1n) is 5.53. The van der Waals surface area contributed by atoms with Crippen molar-refractivity contribution >= 4 is 11.2 Å². The quantitative estimate of drug-likeness (QED) is 0.610. The maximum absolute atomic E-state index is 13.3. The highest BCUT2D eigenvalue weighted by Crippen LogP contribution is 2.20. The van der Waals surface area contributed by atoms with Crippen LogP contribution < -0.4 is 11.2 Å². The van der Waals surface area contributed by atoms with Gasteiger partial charge in [-0.15, -0.1) is 0 Å². The van der Waals surface area contributed by atoms with Gasteiger partial charge in [-0.3, -0.25) is 14.8 Å². The van der Waals surface area contributed by atoms with Crippen LogP contribution in [0.25, 0.3) is 22.6 Å². The summed E-state index contributed by atoms with van der Waals surface area (Å²) in [4.78, 5) is 34.0. The summed E-state index contributed by atoms with van der Waals surface area (Å²) in [6.45, 7) is 1.75. The van der Waals surface area contributed by atoms with Gasteiger partial charge in [0, 0.05) is 5.56 Å². The summed E-state index contributed by atoms with van der Waals surface area (Å²) in [6.07, 6.45) is 0. The van der Waals surface area contributed by atoms with Gasteiger partial charge in [0.1, 0.15) is 17.2 Å². The van der Waals surface area contributed by atoms with E-state index in [0.29, 0.717) is 11.4 Å². The van der Waals surface area contributed by atoms with Crippen molar-refractivity contribution in [3.63, 3.8) is 0 Å². The second-order valence-corrected chi connectivity index (χ2v) is 4.23. The first kappa shape index (κ1) is 11.4. The fraction of sp³-hybridized carbons (Fsp3) is 0.0833. The summed E-state index contributed by atoms with van der Waals surface area (Å²) in [5.41, 5.74) is 0.339. The number of aromatic amines is 3. The molecular formula is C12H9FN4O2. The van der Waals surface area contributed by atoms with Gasteiger partial charge in [-0.25, -0.2) is 14.2 Å². The largest absolute Gasteiger partial charge is 0.332 e. The van der Waals surface area contributed by atoms with E-state index in [-0.39, 0.29) is 11.2 Å². The third kappa shape index (κ3) is 1.95. The number of hydrogen-bond donors (Lipinski definition) is 3. The Kier molecular flexibility index (Phi) is 2.34. The lowest BCUT2D eigenvalue weighted by molar-refractivity contribution is 0.627. The molecule has 0 unspecified atom stereocenters. The van der Waals surface area contributed by atoms with Crippen molar-refractivity contribution in [2.45, 2.75) is 6.92 Å². The number of H-pyrrole nitrogens is 3. The molecular weight excluding hydrogens is 251 g/mol. The smallest absolute Gasteiger partial charge is 0.327 e. The summed E-state index contributed by atoms with van der Waals surface area (Å²) in [7, 11) is 0. The van der Waals surface area contributed by atoms with Crippen LogP contribution in [-0.4, -0.2) is 19.9 Å². The first-order valence-corrected chi connectivity index (χ1v) is 5.53. The molecule has 0 atom stereocenters. The summed E-state index contributed by atoms with van der Waals surface area (Å²) < 4.78 is 13.3. The summed E-state index contributed by atoms with van der Waals surface area (Å²) in [5.74, 6) is -0.0668. The minimum Gasteiger partial charge on any atom is -0.332 e. The lowest BCUT2D eigenvalue weighted by Crippen LogP contribution is -2.21. The molecule has 0 aliphatic carbocycles. The van der Waals surface area contributed by atoms with E-state index in [9.17, 15) is 14.0 Å². The predicted molar refractivity (Wildman–Crippen MR) is 67.5 cm³/mol. The average molecular weight is 260 g/mol. The zero-order valence-electron chi connectivity index (χ0n) is 9.87. The van der Waals surface area contributed by atoms with Crippen LogP contribution in [0, 0.1) is 12.7 Å². The topological polar surface area (TPSA) is 94.4 Å². The van der Waals surface area contributed by atoms with E-state index < -0.39 is 17.1 Å². The van der Waals surface area contributed by atoms with Crippen LogP contribution in [-0.2, 0) is 0 Å². The van der Waals surface area contributed by atoms with E-state index in [0.717, 1.165) is 5.56 Å². The second-order valence-electron chi connectivity index (χ2n) is 4.23. The highest BCUT2D eigenvalue weighted by atomic mass is 19.1. The molecule has 96 valence electrons. The maximum atomic E-state index is 13.3. The van der Waals surface area contributed by atoms with E-state index in [4.69, 9.17) is 0 Å². The van der Waals surface area contributed by atoms with Crippen molar-refractivity contribution in [1.82, 2.24) is 19.9 Å². The molecule has 2 heterocycles. The highest BCUT2D eigenvalue weighted by molar-refractivity contribution is 5.74. The van der Waals surface area contributed by atoms with Crippen LogP contribution in [0.1, 0.15) is 5.56 Å². The molecule has 0 aliphatic heterocycles. The zero-order valence-corrected chi connectivity index (χ0v) is 9.87. The fourth-order valence-electron chi connectivity index (χ4n) is 1.94. The van der Waals surface area contributed by atoms with Crippen molar-refractivity contribution in [2.24, 2.45) is 0 Å². The van der Waals surface area contributed by atoms with Crippen molar-refractivity contribution in [1.29, 1.82) is 0 Å². The molecule has 0 spiro atoms. The Hall–Kier alpha value is -2.70. The number of nitrogens with one attached hydrogen (secondary N) is 3. The van der Waals surface area contributed by atoms with Crippen molar-refractivity contribution in [3.05, 3.63) is 50.4 Å². The lowest BCUT2D eigenvalue weighted by Gasteiger charge is -1.99. The van der Waals surface area contributed by atoms with Gasteiger partial charge < -0.3 is 4.98 Å². The van der Waals surface area contributed by atoms with Crippen LogP contribution in [0.15, 0.2) is 27.8 Å². The molecule has 7 heteroatoms. The minimum absolute atomic E-state index is 0.144. The van der Waals surface area contributed by atoms with Gasteiger partial charge in [0.15, 0.2) is 5.65 Å². The zero-order chi connectivity index (χ0) is 13.6. The van der Waals surface area contributed by atoms with E-state index in [1.807, 2.05) is 0 Å². The Labute approximate surface area is 105 Å². The number of imidazole rings is 1. The van der Waals surface area contributed by atoms with Gasteiger partial charge in [-0.2, -0.15) is 0 Å². The Morgan fingerprint density at radius 2 is 1.89 bits per heavy atom. The van der Waals surface area contributed by atoms with Crippen LogP contribution in [0.4, 0.5) is 4.39 Å². The lowest BCUT2D eigenvalue weighted by atomic mass is 10.1. The number of nitrogens with zero attached hydrogens (tertiary/aromatic N) is 1. The van der Waals surface area contributed by atoms with Crippen LogP contribution in [0.3, 0.4) is 0 Å². The Morgan fingerprint density at radius 1 is 1.11 bits per heavy atom. The maximum Gasteiger partial charge on any atom is 0.327 e. The van der Waals surface area contributed by atoms with Gasteiger partial charge in [0.2, 0.25) is 0 Å². The SMILES string of the molecule is Cc1cc(F)cc(-c2nc3[nH]c(=O)[nH]c(=O)c3[nH]2)c1. The predicted octanol–water partition coefficient (Wildman–Crippen LogP) is 1.05. The van der Waals surface area contributed by atoms with Crippen molar-refractivity contribution in [3.8, 4) is 11.4 Å². The molecule has 6 nitrogen and oxygen atoms in total. The fourth-order valence-corrected chi connectivity index (χ4v) is 1.94. The first-order chi connectivity index (χ1) is 9.02. The number of aryl methyl sites for hydroxylation is 1. The van der Waals surface area contributed by atoms with Gasteiger partial charge in [-0.1, -0.05) is 0 Å². The minimum atomic E-state index is -0.633. The number of rotatable bonds is 1. The third-order valence-electron chi connectivity index (χ3n) is 2.71. The molecule has 0 saturated heterocycles. The van der Waals surface area contributed by atoms with Crippen molar-refractivity contribution < 1.29 is 4.39 Å². The number of fused-ring (bicyclic) bond motifs is 1. The molecule has 3 rings (SSSR count). The molecule has 2 aromatic heterocycles. The molecule has 0 aliphatic rings. The number of halogens is 1. The summed E-state index contributed by atoms with van der Waals surface area (Å²) in [5, 5.41) is 0. The van der Waals surface area contributed by atoms with Gasteiger partial charge in [0.25, 0.3) is 5.56 Å². The summed E-state index contributed by atoms with van der Waals surface area (Å²) >= 11 is 0. The molecule has 0 saturated carbocycles. The third-order valence-corrected chi connectivity index (χ3v) is 2.71. The molecule has 0 bridgehead atoms. The van der Waals surface area contributed by atoms with Gasteiger partial charge in [-0.05, 0) is 30.7 Å². The van der Waals surface area contributed by atoms with Crippen molar-refractivity contribution in [2.75, 3.05) is 0 Å². The molecule has 3 N–H and O–H groups in total.